The second-order valence-electron chi connectivity index (χ2n) is 8.69. The lowest BCUT2D eigenvalue weighted by atomic mass is 9.64. The molecular weight excluding hydrogens is 409 g/mol. The molecule has 9 heteroatoms. The van der Waals surface area contributed by atoms with Crippen molar-refractivity contribution in [2.45, 2.75) is 56.2 Å². The monoisotopic (exact) mass is 429 g/mol. The van der Waals surface area contributed by atoms with Crippen molar-refractivity contribution in [3.05, 3.63) is 52.7 Å². The molecule has 1 spiro atoms. The molecule has 2 N–H and O–H groups in total. The third-order valence-electron chi connectivity index (χ3n) is 6.31. The van der Waals surface area contributed by atoms with Gasteiger partial charge < -0.3 is 10.4 Å². The number of halogens is 2. The van der Waals surface area contributed by atoms with Crippen LogP contribution in [0.25, 0.3) is 5.65 Å². The summed E-state index contributed by atoms with van der Waals surface area (Å²) in [6.07, 6.45) is 5.28. The van der Waals surface area contributed by atoms with Gasteiger partial charge in [-0.05, 0) is 39.2 Å². The van der Waals surface area contributed by atoms with Gasteiger partial charge in [-0.2, -0.15) is 5.10 Å². The number of pyridine rings is 1. The van der Waals surface area contributed by atoms with E-state index < -0.39 is 23.1 Å². The van der Waals surface area contributed by atoms with Gasteiger partial charge in [-0.25, -0.2) is 13.9 Å². The van der Waals surface area contributed by atoms with Crippen molar-refractivity contribution in [3.63, 3.8) is 0 Å². The van der Waals surface area contributed by atoms with Crippen LogP contribution in [0.1, 0.15) is 56.0 Å². The first-order valence-corrected chi connectivity index (χ1v) is 10.2. The van der Waals surface area contributed by atoms with E-state index in [4.69, 9.17) is 11.6 Å². The summed E-state index contributed by atoms with van der Waals surface area (Å²) in [5.41, 5.74) is 0.948. The Morgan fingerprint density at radius 1 is 1.40 bits per heavy atom. The minimum absolute atomic E-state index is 0.256. The standard InChI is InChI=1S/C21H21ClFN5O2/c1-20(2,30)17-14(22)7-11(9-25-17)27-19(29)12-8-21(5-3-15(21)23)18-13(12)10-24-16-4-6-26-28(16)18/h4,6-7,9-10,12,15,30H,3,5,8H2,1-2H3,(H,27,29). The van der Waals surface area contributed by atoms with E-state index in [1.54, 1.807) is 42.9 Å². The number of aromatic nitrogens is 4. The number of rotatable bonds is 3. The highest BCUT2D eigenvalue weighted by Gasteiger charge is 2.58. The van der Waals surface area contributed by atoms with Crippen molar-refractivity contribution in [2.75, 3.05) is 5.32 Å². The van der Waals surface area contributed by atoms with Gasteiger partial charge in [0.25, 0.3) is 0 Å². The first-order valence-electron chi connectivity index (χ1n) is 9.87. The Hall–Kier alpha value is -2.58. The maximum absolute atomic E-state index is 14.8. The second-order valence-corrected chi connectivity index (χ2v) is 9.09. The number of alkyl halides is 1. The highest BCUT2D eigenvalue weighted by Crippen LogP contribution is 2.57. The zero-order chi connectivity index (χ0) is 21.3. The molecule has 3 heterocycles. The maximum atomic E-state index is 14.8. The third kappa shape index (κ3) is 2.74. The van der Waals surface area contributed by atoms with Crippen LogP contribution in [0.2, 0.25) is 5.02 Å². The Bertz CT molecular complexity index is 1170. The summed E-state index contributed by atoms with van der Waals surface area (Å²) in [6, 6.07) is 3.33. The summed E-state index contributed by atoms with van der Waals surface area (Å²) < 4.78 is 16.5. The molecule has 5 rings (SSSR count). The first kappa shape index (κ1) is 19.4. The Kier molecular flexibility index (Phi) is 4.17. The molecule has 3 aromatic heterocycles. The maximum Gasteiger partial charge on any atom is 0.232 e. The van der Waals surface area contributed by atoms with E-state index in [0.717, 1.165) is 5.69 Å². The zero-order valence-corrected chi connectivity index (χ0v) is 17.3. The smallest absolute Gasteiger partial charge is 0.232 e. The summed E-state index contributed by atoms with van der Waals surface area (Å²) >= 11 is 6.24. The van der Waals surface area contributed by atoms with Gasteiger partial charge in [0.15, 0.2) is 5.65 Å². The molecule has 0 bridgehead atoms. The summed E-state index contributed by atoms with van der Waals surface area (Å²) in [7, 11) is 0. The van der Waals surface area contributed by atoms with Crippen molar-refractivity contribution in [3.8, 4) is 0 Å². The molecule has 156 valence electrons. The van der Waals surface area contributed by atoms with E-state index in [2.05, 4.69) is 20.4 Å². The molecule has 0 aromatic carbocycles. The molecule has 1 fully saturated rings. The minimum atomic E-state index is -1.20. The van der Waals surface area contributed by atoms with Crippen molar-refractivity contribution in [1.82, 2.24) is 19.6 Å². The largest absolute Gasteiger partial charge is 0.384 e. The Morgan fingerprint density at radius 3 is 2.83 bits per heavy atom. The quantitative estimate of drug-likeness (QED) is 0.664. The van der Waals surface area contributed by atoms with Crippen LogP contribution in [-0.2, 0) is 15.8 Å². The summed E-state index contributed by atoms with van der Waals surface area (Å²) in [5, 5.41) is 17.5. The van der Waals surface area contributed by atoms with E-state index >= 15 is 0 Å². The molecular formula is C21H21ClFN5O2. The first-order chi connectivity index (χ1) is 14.2. The van der Waals surface area contributed by atoms with E-state index in [9.17, 15) is 14.3 Å². The lowest BCUT2D eigenvalue weighted by Crippen LogP contribution is -2.46. The molecule has 30 heavy (non-hydrogen) atoms. The van der Waals surface area contributed by atoms with Crippen molar-refractivity contribution >= 4 is 28.8 Å². The molecule has 7 nitrogen and oxygen atoms in total. The number of nitrogens with one attached hydrogen (secondary N) is 1. The van der Waals surface area contributed by atoms with Crippen LogP contribution in [0.15, 0.2) is 30.7 Å². The molecule has 0 saturated heterocycles. The predicted molar refractivity (Wildman–Crippen MR) is 109 cm³/mol. The van der Waals surface area contributed by atoms with Gasteiger partial charge >= 0.3 is 0 Å². The highest BCUT2D eigenvalue weighted by atomic mass is 35.5. The molecule has 2 aliphatic rings. The molecule has 0 radical (unpaired) electrons. The third-order valence-corrected chi connectivity index (χ3v) is 6.60. The van der Waals surface area contributed by atoms with E-state index in [0.29, 0.717) is 41.9 Å². The van der Waals surface area contributed by atoms with Gasteiger partial charge in [-0.15, -0.1) is 0 Å². The average Bonchev–Trinajstić information content (AvgIpc) is 3.28. The molecule has 0 aliphatic heterocycles. The van der Waals surface area contributed by atoms with Crippen LogP contribution in [-0.4, -0.2) is 36.8 Å². The van der Waals surface area contributed by atoms with E-state index in [1.165, 1.54) is 6.20 Å². The SMILES string of the molecule is CC(C)(O)c1ncc(NC(=O)C2CC3(CCC3F)c3c2cnc2ccnn32)cc1Cl. The number of amides is 1. The Morgan fingerprint density at radius 2 is 2.20 bits per heavy atom. The van der Waals surface area contributed by atoms with Crippen LogP contribution in [0, 0.1) is 0 Å². The zero-order valence-electron chi connectivity index (χ0n) is 16.6. The van der Waals surface area contributed by atoms with Gasteiger partial charge in [0.05, 0.1) is 40.4 Å². The number of carbonyl (C=O) groups is 1. The molecule has 3 atom stereocenters. The van der Waals surface area contributed by atoms with Crippen molar-refractivity contribution in [2.24, 2.45) is 0 Å². The van der Waals surface area contributed by atoms with Crippen LogP contribution < -0.4 is 5.32 Å². The van der Waals surface area contributed by atoms with E-state index in [-0.39, 0.29) is 10.9 Å². The summed E-state index contributed by atoms with van der Waals surface area (Å²) in [4.78, 5) is 21.8. The van der Waals surface area contributed by atoms with Crippen LogP contribution in [0.3, 0.4) is 0 Å². The van der Waals surface area contributed by atoms with Crippen LogP contribution in [0.4, 0.5) is 10.1 Å². The van der Waals surface area contributed by atoms with Crippen LogP contribution in [0.5, 0.6) is 0 Å². The molecule has 1 amide bonds. The average molecular weight is 430 g/mol. The topological polar surface area (TPSA) is 92.4 Å². The summed E-state index contributed by atoms with van der Waals surface area (Å²) in [6.45, 7) is 3.17. The van der Waals surface area contributed by atoms with Crippen molar-refractivity contribution < 1.29 is 14.3 Å². The molecule has 1 saturated carbocycles. The second kappa shape index (κ2) is 6.46. The van der Waals surface area contributed by atoms with Crippen LogP contribution >= 0.6 is 11.6 Å². The van der Waals surface area contributed by atoms with Gasteiger partial charge in [0, 0.05) is 23.2 Å². The number of anilines is 1. The lowest BCUT2D eigenvalue weighted by molar-refractivity contribution is -0.118. The normalized spacial score (nSPS) is 25.4. The van der Waals surface area contributed by atoms with Gasteiger partial charge in [-0.3, -0.25) is 9.78 Å². The number of fused-ring (bicyclic) bond motifs is 4. The van der Waals surface area contributed by atoms with E-state index in [1.807, 2.05) is 0 Å². The fourth-order valence-corrected chi connectivity index (χ4v) is 5.13. The molecule has 3 unspecified atom stereocenters. The highest BCUT2D eigenvalue weighted by molar-refractivity contribution is 6.31. The van der Waals surface area contributed by atoms with Gasteiger partial charge in [-0.1, -0.05) is 11.6 Å². The molecule has 2 aliphatic carbocycles. The number of hydrogen-bond acceptors (Lipinski definition) is 5. The summed E-state index contributed by atoms with van der Waals surface area (Å²) in [5.74, 6) is -0.818. The van der Waals surface area contributed by atoms with Crippen molar-refractivity contribution in [1.29, 1.82) is 0 Å². The number of aliphatic hydroxyl groups is 1. The minimum Gasteiger partial charge on any atom is -0.384 e. The fraction of sp³-hybridized carbons (Fsp3) is 0.429. The van der Waals surface area contributed by atoms with Gasteiger partial charge in [0.2, 0.25) is 5.91 Å². The van der Waals surface area contributed by atoms with Gasteiger partial charge in [0.1, 0.15) is 11.8 Å². The predicted octanol–water partition coefficient (Wildman–Crippen LogP) is 3.50. The Labute approximate surface area is 177 Å². The Balaban J connectivity index is 1.49. The lowest BCUT2D eigenvalue weighted by Gasteiger charge is -2.42. The number of nitrogens with zero attached hydrogens (tertiary/aromatic N) is 4. The number of hydrogen-bond donors (Lipinski definition) is 2. The number of carbonyl (C=O) groups excluding carboxylic acids is 1. The molecule has 3 aromatic rings. The fourth-order valence-electron chi connectivity index (χ4n) is 4.73.